The Bertz CT molecular complexity index is 1220. The van der Waals surface area contributed by atoms with Crippen LogP contribution in [0.15, 0.2) is 60.2 Å². The van der Waals surface area contributed by atoms with E-state index in [1.807, 2.05) is 6.92 Å². The number of para-hydroxylation sites is 2. The highest BCUT2D eigenvalue weighted by molar-refractivity contribution is 6.23. The number of ether oxygens (including phenoxy) is 2. The van der Waals surface area contributed by atoms with Crippen molar-refractivity contribution in [3.8, 4) is 5.75 Å². The Morgan fingerprint density at radius 3 is 2.47 bits per heavy atom. The maximum Gasteiger partial charge on any atom is 0.338 e. The molecular weight excluding hydrogens is 436 g/mol. The summed E-state index contributed by atoms with van der Waals surface area (Å²) < 4.78 is 10.3. The highest BCUT2D eigenvalue weighted by atomic mass is 16.5. The number of esters is 1. The summed E-state index contributed by atoms with van der Waals surface area (Å²) in [5.41, 5.74) is 2.32. The van der Waals surface area contributed by atoms with Gasteiger partial charge in [-0.2, -0.15) is 0 Å². The number of rotatable bonds is 6. The normalized spacial score (nSPS) is 24.6. The minimum absolute atomic E-state index is 0.132. The van der Waals surface area contributed by atoms with Gasteiger partial charge in [-0.3, -0.25) is 19.3 Å². The number of nitrogens with zero attached hydrogens (tertiary/aromatic N) is 1. The average Bonchev–Trinajstić information content (AvgIpc) is 3.48. The van der Waals surface area contributed by atoms with Crippen molar-refractivity contribution < 1.29 is 28.7 Å². The number of carbonyl (C=O) groups excluding carboxylic acids is 4. The van der Waals surface area contributed by atoms with E-state index in [9.17, 15) is 19.2 Å². The molecule has 3 aliphatic rings. The summed E-state index contributed by atoms with van der Waals surface area (Å²) in [4.78, 5) is 51.9. The van der Waals surface area contributed by atoms with Gasteiger partial charge >= 0.3 is 5.97 Å². The number of hydrogen-bond acceptors (Lipinski definition) is 6. The zero-order valence-corrected chi connectivity index (χ0v) is 18.8. The van der Waals surface area contributed by atoms with E-state index in [1.54, 1.807) is 36.4 Å². The molecule has 2 fully saturated rings. The lowest BCUT2D eigenvalue weighted by molar-refractivity contribution is -0.123. The molecule has 1 saturated heterocycles. The number of anilines is 2. The molecule has 1 heterocycles. The SMILES string of the molecule is COc1ccccc1NC(=O)COC(=O)c1ccc(N2C(=O)[C@H]3[C@H](C2=O)[C@H]2C=C(C)[C@H]3C2)cc1. The van der Waals surface area contributed by atoms with Crippen LogP contribution >= 0.6 is 0 Å². The van der Waals surface area contributed by atoms with E-state index < -0.39 is 18.5 Å². The number of hydrogen-bond donors (Lipinski definition) is 1. The van der Waals surface area contributed by atoms with Gasteiger partial charge in [0.05, 0.1) is 35.9 Å². The average molecular weight is 460 g/mol. The van der Waals surface area contributed by atoms with E-state index in [2.05, 4.69) is 11.4 Å². The number of benzene rings is 2. The van der Waals surface area contributed by atoms with Gasteiger partial charge in [0.2, 0.25) is 11.8 Å². The fourth-order valence-corrected chi connectivity index (χ4v) is 5.42. The van der Waals surface area contributed by atoms with E-state index >= 15 is 0 Å². The van der Waals surface area contributed by atoms with E-state index in [4.69, 9.17) is 9.47 Å². The zero-order valence-electron chi connectivity index (χ0n) is 18.8. The largest absolute Gasteiger partial charge is 0.495 e. The Morgan fingerprint density at radius 1 is 1.03 bits per heavy atom. The summed E-state index contributed by atoms with van der Waals surface area (Å²) in [6, 6.07) is 13.0. The molecule has 174 valence electrons. The molecule has 0 radical (unpaired) electrons. The van der Waals surface area contributed by atoms with Crippen LogP contribution in [0, 0.1) is 23.7 Å². The van der Waals surface area contributed by atoms with E-state index in [0.29, 0.717) is 17.1 Å². The number of fused-ring (bicyclic) bond motifs is 5. The Balaban J connectivity index is 1.21. The summed E-state index contributed by atoms with van der Waals surface area (Å²) >= 11 is 0. The van der Waals surface area contributed by atoms with Gasteiger partial charge in [-0.05, 0) is 61.6 Å². The summed E-state index contributed by atoms with van der Waals surface area (Å²) in [6.45, 7) is 1.55. The Labute approximate surface area is 196 Å². The fraction of sp³-hybridized carbons (Fsp3) is 0.308. The van der Waals surface area contributed by atoms with E-state index in [0.717, 1.165) is 6.42 Å². The summed E-state index contributed by atoms with van der Waals surface area (Å²) in [5, 5.41) is 2.63. The van der Waals surface area contributed by atoms with Gasteiger partial charge < -0.3 is 14.8 Å². The molecule has 5 rings (SSSR count). The van der Waals surface area contributed by atoms with Crippen LogP contribution in [0.4, 0.5) is 11.4 Å². The molecule has 34 heavy (non-hydrogen) atoms. The number of methoxy groups -OCH3 is 1. The summed E-state index contributed by atoms with van der Waals surface area (Å²) in [5.74, 6) is -1.33. The standard InChI is InChI=1S/C26H24N2O6/c1-14-11-16-12-18(14)23-22(16)24(30)28(25(23)31)17-9-7-15(8-10-17)26(32)34-13-21(29)27-19-5-3-4-6-20(19)33-2/h3-11,16,18,22-23H,12-13H2,1-2H3,(H,27,29)/t16-,18+,22+,23+/m0/s1. The summed E-state index contributed by atoms with van der Waals surface area (Å²) in [7, 11) is 1.49. The quantitative estimate of drug-likeness (QED) is 0.404. The van der Waals surface area contributed by atoms with Gasteiger partial charge in [0, 0.05) is 0 Å². The van der Waals surface area contributed by atoms with Crippen LogP contribution in [0.1, 0.15) is 23.7 Å². The van der Waals surface area contributed by atoms with Crippen molar-refractivity contribution in [2.75, 3.05) is 23.9 Å². The van der Waals surface area contributed by atoms with Crippen molar-refractivity contribution in [2.45, 2.75) is 13.3 Å². The van der Waals surface area contributed by atoms with Crippen molar-refractivity contribution in [3.63, 3.8) is 0 Å². The molecule has 8 nitrogen and oxygen atoms in total. The zero-order chi connectivity index (χ0) is 24.0. The number of carbonyl (C=O) groups is 4. The van der Waals surface area contributed by atoms with Crippen LogP contribution in [-0.4, -0.2) is 37.4 Å². The van der Waals surface area contributed by atoms with Gasteiger partial charge in [-0.25, -0.2) is 4.79 Å². The highest BCUT2D eigenvalue weighted by Crippen LogP contribution is 2.55. The third-order valence-electron chi connectivity index (χ3n) is 6.96. The molecule has 2 bridgehead atoms. The fourth-order valence-electron chi connectivity index (χ4n) is 5.42. The lowest BCUT2D eigenvalue weighted by Gasteiger charge is -2.19. The van der Waals surface area contributed by atoms with Crippen molar-refractivity contribution in [1.29, 1.82) is 0 Å². The molecule has 0 spiro atoms. The van der Waals surface area contributed by atoms with Crippen molar-refractivity contribution in [1.82, 2.24) is 0 Å². The molecule has 2 aromatic rings. The van der Waals surface area contributed by atoms with Crippen LogP contribution in [0.3, 0.4) is 0 Å². The van der Waals surface area contributed by atoms with Crippen LogP contribution in [-0.2, 0) is 19.1 Å². The molecule has 0 unspecified atom stereocenters. The number of amides is 3. The molecule has 1 saturated carbocycles. The minimum Gasteiger partial charge on any atom is -0.495 e. The maximum absolute atomic E-state index is 13.1. The molecular formula is C26H24N2O6. The first-order valence-corrected chi connectivity index (χ1v) is 11.1. The molecule has 8 heteroatoms. The Morgan fingerprint density at radius 2 is 1.74 bits per heavy atom. The van der Waals surface area contributed by atoms with Crippen LogP contribution in [0.25, 0.3) is 0 Å². The number of allylic oxidation sites excluding steroid dienone is 2. The van der Waals surface area contributed by atoms with Crippen molar-refractivity contribution in [2.24, 2.45) is 23.7 Å². The molecule has 2 aromatic carbocycles. The second-order valence-electron chi connectivity index (χ2n) is 8.85. The molecule has 4 atom stereocenters. The second kappa shape index (κ2) is 8.44. The first-order valence-electron chi connectivity index (χ1n) is 11.1. The smallest absolute Gasteiger partial charge is 0.338 e. The predicted molar refractivity (Wildman–Crippen MR) is 123 cm³/mol. The highest BCUT2D eigenvalue weighted by Gasteiger charge is 2.60. The predicted octanol–water partition coefficient (Wildman–Crippen LogP) is 3.19. The van der Waals surface area contributed by atoms with Gasteiger partial charge in [0.15, 0.2) is 6.61 Å². The molecule has 0 aromatic heterocycles. The monoisotopic (exact) mass is 460 g/mol. The minimum atomic E-state index is -0.685. The second-order valence-corrected chi connectivity index (χ2v) is 8.85. The Hall–Kier alpha value is -3.94. The molecule has 1 N–H and O–H groups in total. The first-order chi connectivity index (χ1) is 16.4. The third-order valence-corrected chi connectivity index (χ3v) is 6.96. The van der Waals surface area contributed by atoms with Gasteiger partial charge in [-0.1, -0.05) is 23.8 Å². The van der Waals surface area contributed by atoms with Gasteiger partial charge in [-0.15, -0.1) is 0 Å². The maximum atomic E-state index is 13.1. The van der Waals surface area contributed by atoms with Crippen LogP contribution in [0.2, 0.25) is 0 Å². The van der Waals surface area contributed by atoms with E-state index in [-0.39, 0.29) is 41.0 Å². The van der Waals surface area contributed by atoms with Crippen molar-refractivity contribution >= 4 is 35.1 Å². The topological polar surface area (TPSA) is 102 Å². The molecule has 1 aliphatic heterocycles. The van der Waals surface area contributed by atoms with Gasteiger partial charge in [0.25, 0.3) is 5.91 Å². The molecule has 3 amide bonds. The molecule has 2 aliphatic carbocycles. The third kappa shape index (κ3) is 3.55. The lowest BCUT2D eigenvalue weighted by atomic mass is 9.82. The van der Waals surface area contributed by atoms with Crippen molar-refractivity contribution in [3.05, 3.63) is 65.7 Å². The van der Waals surface area contributed by atoms with E-state index in [1.165, 1.54) is 29.7 Å². The Kier molecular flexibility index (Phi) is 5.43. The van der Waals surface area contributed by atoms with Crippen LogP contribution in [0.5, 0.6) is 5.75 Å². The first kappa shape index (κ1) is 21.9. The summed E-state index contributed by atoms with van der Waals surface area (Å²) in [6.07, 6.45) is 3.01. The van der Waals surface area contributed by atoms with Crippen LogP contribution < -0.4 is 15.0 Å². The van der Waals surface area contributed by atoms with Gasteiger partial charge in [0.1, 0.15) is 5.75 Å². The number of imide groups is 1. The lowest BCUT2D eigenvalue weighted by Crippen LogP contribution is -2.33. The number of nitrogens with one attached hydrogen (secondary N) is 1.